The molecule has 2 aromatic carbocycles. The van der Waals surface area contributed by atoms with Crippen LogP contribution in [-0.4, -0.2) is 16.0 Å². The number of aromatic amines is 2. The standard InChI is InChI=1S/C15H14N4O2/c1-9-7-12-13(19-15(21)18-12)8-11(9)17-14(20)16-10-5-3-2-4-6-10/h2-8H,1H3,(H2,16,17,20)(H2,18,19,21). The van der Waals surface area contributed by atoms with Crippen LogP contribution in [0.15, 0.2) is 47.3 Å². The quantitative estimate of drug-likeness (QED) is 0.582. The number of amides is 2. The van der Waals surface area contributed by atoms with Crippen LogP contribution >= 0.6 is 0 Å². The summed E-state index contributed by atoms with van der Waals surface area (Å²) in [5.41, 5.74) is 3.32. The van der Waals surface area contributed by atoms with Gasteiger partial charge in [0.2, 0.25) is 0 Å². The maximum Gasteiger partial charge on any atom is 0.323 e. The highest BCUT2D eigenvalue weighted by atomic mass is 16.2. The van der Waals surface area contributed by atoms with Crippen molar-refractivity contribution in [1.82, 2.24) is 9.97 Å². The number of hydrogen-bond donors (Lipinski definition) is 4. The first-order valence-electron chi connectivity index (χ1n) is 6.47. The van der Waals surface area contributed by atoms with Gasteiger partial charge in [-0.3, -0.25) is 0 Å². The molecule has 0 radical (unpaired) electrons. The molecule has 0 fully saturated rings. The normalized spacial score (nSPS) is 10.5. The number of benzene rings is 2. The average Bonchev–Trinajstić information content (AvgIpc) is 2.79. The van der Waals surface area contributed by atoms with Gasteiger partial charge in [-0.05, 0) is 36.8 Å². The number of imidazole rings is 1. The van der Waals surface area contributed by atoms with Gasteiger partial charge in [0.15, 0.2) is 0 Å². The molecule has 1 heterocycles. The molecule has 0 spiro atoms. The molecule has 1 aromatic heterocycles. The van der Waals surface area contributed by atoms with E-state index in [9.17, 15) is 9.59 Å². The average molecular weight is 282 g/mol. The van der Waals surface area contributed by atoms with Crippen LogP contribution in [0.25, 0.3) is 11.0 Å². The lowest BCUT2D eigenvalue weighted by Crippen LogP contribution is -2.19. The number of aryl methyl sites for hydroxylation is 1. The van der Waals surface area contributed by atoms with Gasteiger partial charge < -0.3 is 20.6 Å². The third-order valence-corrected chi connectivity index (χ3v) is 3.14. The minimum atomic E-state index is -0.332. The van der Waals surface area contributed by atoms with Gasteiger partial charge in [0.1, 0.15) is 0 Å². The van der Waals surface area contributed by atoms with Crippen molar-refractivity contribution in [2.45, 2.75) is 6.92 Å². The molecule has 3 aromatic rings. The fourth-order valence-electron chi connectivity index (χ4n) is 2.13. The van der Waals surface area contributed by atoms with Gasteiger partial charge in [-0.1, -0.05) is 18.2 Å². The topological polar surface area (TPSA) is 89.8 Å². The molecule has 0 atom stereocenters. The van der Waals surface area contributed by atoms with E-state index in [1.165, 1.54) is 0 Å². The third kappa shape index (κ3) is 2.79. The van der Waals surface area contributed by atoms with Crippen molar-refractivity contribution in [3.05, 3.63) is 58.5 Å². The van der Waals surface area contributed by atoms with E-state index >= 15 is 0 Å². The first kappa shape index (κ1) is 13.0. The highest BCUT2D eigenvalue weighted by Crippen LogP contribution is 2.20. The number of carbonyl (C=O) groups excluding carboxylic acids is 1. The molecule has 2 amide bonds. The van der Waals surface area contributed by atoms with Gasteiger partial charge in [0, 0.05) is 11.4 Å². The first-order chi connectivity index (χ1) is 10.1. The summed E-state index contributed by atoms with van der Waals surface area (Å²) in [5.74, 6) is 0. The summed E-state index contributed by atoms with van der Waals surface area (Å²) in [5, 5.41) is 5.52. The number of para-hydroxylation sites is 1. The van der Waals surface area contributed by atoms with Crippen molar-refractivity contribution in [1.29, 1.82) is 0 Å². The third-order valence-electron chi connectivity index (χ3n) is 3.14. The van der Waals surface area contributed by atoms with Crippen molar-refractivity contribution in [3.63, 3.8) is 0 Å². The predicted octanol–water partition coefficient (Wildman–Crippen LogP) is 2.81. The lowest BCUT2D eigenvalue weighted by atomic mass is 10.2. The van der Waals surface area contributed by atoms with E-state index in [-0.39, 0.29) is 11.7 Å². The van der Waals surface area contributed by atoms with Crippen LogP contribution in [0.3, 0.4) is 0 Å². The molecule has 0 bridgehead atoms. The number of rotatable bonds is 2. The number of aromatic nitrogens is 2. The van der Waals surface area contributed by atoms with Gasteiger partial charge in [0.25, 0.3) is 0 Å². The van der Waals surface area contributed by atoms with E-state index in [4.69, 9.17) is 0 Å². The Morgan fingerprint density at radius 3 is 2.38 bits per heavy atom. The van der Waals surface area contributed by atoms with Gasteiger partial charge >= 0.3 is 11.7 Å². The summed E-state index contributed by atoms with van der Waals surface area (Å²) in [6, 6.07) is 12.4. The molecule has 0 unspecified atom stereocenters. The summed E-state index contributed by atoms with van der Waals surface area (Å²) in [4.78, 5) is 28.6. The second-order valence-electron chi connectivity index (χ2n) is 4.74. The molecule has 0 aliphatic rings. The Morgan fingerprint density at radius 2 is 1.67 bits per heavy atom. The lowest BCUT2D eigenvalue weighted by Gasteiger charge is -2.10. The highest BCUT2D eigenvalue weighted by Gasteiger charge is 2.08. The van der Waals surface area contributed by atoms with Crippen LogP contribution < -0.4 is 16.3 Å². The molecule has 0 aliphatic carbocycles. The molecular weight excluding hydrogens is 268 g/mol. The van der Waals surface area contributed by atoms with Gasteiger partial charge in [0.05, 0.1) is 11.0 Å². The van der Waals surface area contributed by atoms with Gasteiger partial charge in [-0.2, -0.15) is 0 Å². The molecule has 6 heteroatoms. The van der Waals surface area contributed by atoms with Crippen LogP contribution in [-0.2, 0) is 0 Å². The fourth-order valence-corrected chi connectivity index (χ4v) is 2.13. The minimum absolute atomic E-state index is 0.268. The molecule has 0 aliphatic heterocycles. The predicted molar refractivity (Wildman–Crippen MR) is 82.7 cm³/mol. The fraction of sp³-hybridized carbons (Fsp3) is 0.0667. The number of nitrogens with one attached hydrogen (secondary N) is 4. The molecule has 3 rings (SSSR count). The summed E-state index contributed by atoms with van der Waals surface area (Å²) in [7, 11) is 0. The Balaban J connectivity index is 1.82. The number of carbonyl (C=O) groups is 1. The van der Waals surface area contributed by atoms with Gasteiger partial charge in [-0.15, -0.1) is 0 Å². The molecule has 4 N–H and O–H groups in total. The van der Waals surface area contributed by atoms with E-state index in [0.717, 1.165) is 5.56 Å². The Morgan fingerprint density at radius 1 is 1.00 bits per heavy atom. The van der Waals surface area contributed by atoms with Crippen LogP contribution in [0.5, 0.6) is 0 Å². The SMILES string of the molecule is Cc1cc2[nH]c(=O)[nH]c2cc1NC(=O)Nc1ccccc1. The second-order valence-corrected chi connectivity index (χ2v) is 4.74. The van der Waals surface area contributed by atoms with E-state index in [1.54, 1.807) is 18.2 Å². The zero-order valence-electron chi connectivity index (χ0n) is 11.4. The zero-order valence-corrected chi connectivity index (χ0v) is 11.4. The monoisotopic (exact) mass is 282 g/mol. The molecule has 0 saturated carbocycles. The van der Waals surface area contributed by atoms with Crippen LogP contribution in [0.2, 0.25) is 0 Å². The van der Waals surface area contributed by atoms with E-state index in [2.05, 4.69) is 20.6 Å². The first-order valence-corrected chi connectivity index (χ1v) is 6.47. The van der Waals surface area contributed by atoms with Crippen molar-refractivity contribution in [2.24, 2.45) is 0 Å². The van der Waals surface area contributed by atoms with E-state index < -0.39 is 0 Å². The molecular formula is C15H14N4O2. The largest absolute Gasteiger partial charge is 0.323 e. The Labute approximate surface area is 120 Å². The Bertz CT molecular complexity index is 849. The smallest absolute Gasteiger partial charge is 0.308 e. The van der Waals surface area contributed by atoms with Crippen LogP contribution in [0.4, 0.5) is 16.2 Å². The zero-order chi connectivity index (χ0) is 14.8. The maximum atomic E-state index is 12.0. The van der Waals surface area contributed by atoms with Crippen LogP contribution in [0.1, 0.15) is 5.56 Å². The lowest BCUT2D eigenvalue weighted by molar-refractivity contribution is 0.262. The number of hydrogen-bond acceptors (Lipinski definition) is 2. The second kappa shape index (κ2) is 5.16. The number of urea groups is 1. The van der Waals surface area contributed by atoms with Crippen molar-refractivity contribution < 1.29 is 4.79 Å². The summed E-state index contributed by atoms with van der Waals surface area (Å²) < 4.78 is 0. The summed E-state index contributed by atoms with van der Waals surface area (Å²) >= 11 is 0. The highest BCUT2D eigenvalue weighted by molar-refractivity contribution is 6.01. The van der Waals surface area contributed by atoms with Crippen molar-refractivity contribution >= 4 is 28.4 Å². The molecule has 21 heavy (non-hydrogen) atoms. The van der Waals surface area contributed by atoms with Crippen molar-refractivity contribution in [2.75, 3.05) is 10.6 Å². The summed E-state index contributed by atoms with van der Waals surface area (Å²) in [6.45, 7) is 1.86. The van der Waals surface area contributed by atoms with Crippen LogP contribution in [0, 0.1) is 6.92 Å². The molecule has 106 valence electrons. The Hall–Kier alpha value is -3.02. The number of anilines is 2. The maximum absolute atomic E-state index is 12.0. The number of fused-ring (bicyclic) bond motifs is 1. The van der Waals surface area contributed by atoms with Crippen molar-refractivity contribution in [3.8, 4) is 0 Å². The molecule has 6 nitrogen and oxygen atoms in total. The number of H-pyrrole nitrogens is 2. The van der Waals surface area contributed by atoms with E-state index in [0.29, 0.717) is 22.4 Å². The molecule has 0 saturated heterocycles. The minimum Gasteiger partial charge on any atom is -0.308 e. The van der Waals surface area contributed by atoms with E-state index in [1.807, 2.05) is 31.2 Å². The Kier molecular flexibility index (Phi) is 3.19. The van der Waals surface area contributed by atoms with Gasteiger partial charge in [-0.25, -0.2) is 9.59 Å². The summed E-state index contributed by atoms with van der Waals surface area (Å²) in [6.07, 6.45) is 0.